The third-order valence-corrected chi connectivity index (χ3v) is 7.86. The van der Waals surface area contributed by atoms with Crippen molar-refractivity contribution < 1.29 is 26.3 Å². The quantitative estimate of drug-likeness (QED) is 0.642. The van der Waals surface area contributed by atoms with E-state index in [9.17, 15) is 16.8 Å². The first-order chi connectivity index (χ1) is 13.8. The predicted octanol–water partition coefficient (Wildman–Crippen LogP) is 2.03. The maximum Gasteiger partial charge on any atom is 0.240 e. The van der Waals surface area contributed by atoms with Crippen molar-refractivity contribution in [1.82, 2.24) is 4.72 Å². The molecule has 9 heteroatoms. The van der Waals surface area contributed by atoms with Crippen LogP contribution in [0.3, 0.4) is 0 Å². The van der Waals surface area contributed by atoms with E-state index in [0.29, 0.717) is 12.4 Å². The van der Waals surface area contributed by atoms with E-state index in [-0.39, 0.29) is 35.5 Å². The lowest BCUT2D eigenvalue weighted by Crippen LogP contribution is -2.34. The normalized spacial score (nSPS) is 16.7. The zero-order chi connectivity index (χ0) is 20.9. The second-order valence-corrected chi connectivity index (χ2v) is 11.1. The fourth-order valence-electron chi connectivity index (χ4n) is 2.98. The summed E-state index contributed by atoms with van der Waals surface area (Å²) in [5.74, 6) is 1.33. The minimum Gasteiger partial charge on any atom is -0.493 e. The second-order valence-electron chi connectivity index (χ2n) is 6.90. The topological polar surface area (TPSA) is 98.8 Å². The van der Waals surface area contributed by atoms with E-state index in [1.807, 2.05) is 24.3 Å². The summed E-state index contributed by atoms with van der Waals surface area (Å²) in [4.78, 5) is 0.128. The molecule has 1 atom stereocenters. The predicted molar refractivity (Wildman–Crippen MR) is 111 cm³/mol. The van der Waals surface area contributed by atoms with E-state index in [2.05, 4.69) is 4.72 Å². The Morgan fingerprint density at radius 2 is 1.79 bits per heavy atom. The summed E-state index contributed by atoms with van der Waals surface area (Å²) < 4.78 is 61.8. The number of nitrogens with one attached hydrogen (secondary N) is 1. The highest BCUT2D eigenvalue weighted by Gasteiger charge is 2.22. The molecule has 0 aromatic heterocycles. The van der Waals surface area contributed by atoms with Gasteiger partial charge in [-0.1, -0.05) is 25.1 Å². The van der Waals surface area contributed by atoms with Crippen molar-refractivity contribution in [1.29, 1.82) is 0 Å². The number of hydrogen-bond acceptors (Lipinski definition) is 6. The average Bonchev–Trinajstić information content (AvgIpc) is 2.72. The summed E-state index contributed by atoms with van der Waals surface area (Å²) in [6.45, 7) is 2.36. The molecule has 1 N–H and O–H groups in total. The zero-order valence-electron chi connectivity index (χ0n) is 16.2. The van der Waals surface area contributed by atoms with Crippen LogP contribution < -0.4 is 14.2 Å². The van der Waals surface area contributed by atoms with E-state index in [1.54, 1.807) is 6.92 Å². The van der Waals surface area contributed by atoms with Crippen molar-refractivity contribution in [2.24, 2.45) is 5.92 Å². The van der Waals surface area contributed by atoms with Crippen molar-refractivity contribution in [2.45, 2.75) is 18.2 Å². The van der Waals surface area contributed by atoms with Gasteiger partial charge in [0.2, 0.25) is 10.0 Å². The smallest absolute Gasteiger partial charge is 0.240 e. The Hall–Kier alpha value is -2.10. The van der Waals surface area contributed by atoms with E-state index < -0.39 is 19.9 Å². The van der Waals surface area contributed by atoms with Gasteiger partial charge in [0.05, 0.1) is 17.3 Å². The third kappa shape index (κ3) is 5.94. The van der Waals surface area contributed by atoms with Gasteiger partial charge in [-0.2, -0.15) is 0 Å². The molecule has 0 saturated carbocycles. The van der Waals surface area contributed by atoms with Gasteiger partial charge in [0.1, 0.15) is 18.1 Å². The summed E-state index contributed by atoms with van der Waals surface area (Å²) >= 11 is 0. The molecule has 0 amide bonds. The van der Waals surface area contributed by atoms with Gasteiger partial charge in [-0.15, -0.1) is 0 Å². The minimum atomic E-state index is -3.66. The van der Waals surface area contributed by atoms with Gasteiger partial charge in [0.15, 0.2) is 9.84 Å². The maximum atomic E-state index is 12.5. The molecule has 1 aliphatic rings. The number of para-hydroxylation sites is 1. The number of ether oxygens (including phenoxy) is 2. The molecule has 1 aliphatic heterocycles. The first-order valence-electron chi connectivity index (χ1n) is 9.43. The van der Waals surface area contributed by atoms with Gasteiger partial charge >= 0.3 is 0 Å². The Labute approximate surface area is 172 Å². The van der Waals surface area contributed by atoms with Crippen LogP contribution in [0.15, 0.2) is 53.4 Å². The lowest BCUT2D eigenvalue weighted by molar-refractivity contribution is 0.223. The molecule has 158 valence electrons. The van der Waals surface area contributed by atoms with Gasteiger partial charge in [0.25, 0.3) is 0 Å². The monoisotopic (exact) mass is 439 g/mol. The van der Waals surface area contributed by atoms with Crippen LogP contribution in [0.1, 0.15) is 12.5 Å². The number of fused-ring (bicyclic) bond motifs is 1. The standard InChI is InChI=1S/C20H25NO6S2/c1-2-28(22,23)12-11-26-18-7-9-19(10-8-18)29(24,25)21-14-16-13-17-5-3-4-6-20(17)27-15-16/h3-10,16,21H,2,11-15H2,1H3. The highest BCUT2D eigenvalue weighted by atomic mass is 32.2. The SMILES string of the molecule is CCS(=O)(=O)CCOc1ccc(S(=O)(=O)NCC2COc3ccccc3C2)cc1. The summed E-state index contributed by atoms with van der Waals surface area (Å²) in [6.07, 6.45) is 0.756. The molecule has 7 nitrogen and oxygen atoms in total. The molecule has 3 rings (SSSR count). The number of sulfonamides is 1. The van der Waals surface area contributed by atoms with Gasteiger partial charge in [-0.05, 0) is 42.3 Å². The Bertz CT molecular complexity index is 1030. The Balaban J connectivity index is 1.53. The van der Waals surface area contributed by atoms with Crippen molar-refractivity contribution in [3.05, 3.63) is 54.1 Å². The molecule has 0 saturated heterocycles. The molecule has 1 heterocycles. The molecule has 0 spiro atoms. The third-order valence-electron chi connectivity index (χ3n) is 4.75. The van der Waals surface area contributed by atoms with E-state index in [0.717, 1.165) is 17.7 Å². The van der Waals surface area contributed by atoms with Crippen LogP contribution in [0, 0.1) is 5.92 Å². The lowest BCUT2D eigenvalue weighted by Gasteiger charge is -2.25. The Kier molecular flexibility index (Phi) is 6.81. The van der Waals surface area contributed by atoms with Crippen LogP contribution in [-0.2, 0) is 26.3 Å². The van der Waals surface area contributed by atoms with Crippen LogP contribution in [0.4, 0.5) is 0 Å². The highest BCUT2D eigenvalue weighted by molar-refractivity contribution is 7.91. The molecular weight excluding hydrogens is 414 g/mol. The molecule has 0 fully saturated rings. The summed E-state index contributed by atoms with van der Waals surface area (Å²) in [5.41, 5.74) is 1.08. The van der Waals surface area contributed by atoms with Crippen LogP contribution >= 0.6 is 0 Å². The molecule has 0 bridgehead atoms. The Morgan fingerprint density at radius 1 is 1.07 bits per heavy atom. The van der Waals surface area contributed by atoms with Gasteiger partial charge in [-0.25, -0.2) is 21.6 Å². The average molecular weight is 440 g/mol. The maximum absolute atomic E-state index is 12.5. The lowest BCUT2D eigenvalue weighted by atomic mass is 9.97. The molecule has 29 heavy (non-hydrogen) atoms. The first-order valence-corrected chi connectivity index (χ1v) is 12.7. The van der Waals surface area contributed by atoms with Crippen LogP contribution in [0.25, 0.3) is 0 Å². The van der Waals surface area contributed by atoms with E-state index in [4.69, 9.17) is 9.47 Å². The molecule has 1 unspecified atom stereocenters. The summed E-state index contributed by atoms with van der Waals surface area (Å²) in [5, 5.41) is 0. The van der Waals surface area contributed by atoms with Gasteiger partial charge < -0.3 is 9.47 Å². The van der Waals surface area contributed by atoms with E-state index >= 15 is 0 Å². The van der Waals surface area contributed by atoms with Crippen LogP contribution in [0.5, 0.6) is 11.5 Å². The zero-order valence-corrected chi connectivity index (χ0v) is 17.8. The van der Waals surface area contributed by atoms with Crippen molar-refractivity contribution >= 4 is 19.9 Å². The summed E-state index contributed by atoms with van der Waals surface area (Å²) in [6, 6.07) is 13.7. The fraction of sp³-hybridized carbons (Fsp3) is 0.400. The van der Waals surface area contributed by atoms with Crippen LogP contribution in [-0.4, -0.2) is 48.1 Å². The highest BCUT2D eigenvalue weighted by Crippen LogP contribution is 2.26. The molecule has 0 aliphatic carbocycles. The second kappa shape index (κ2) is 9.15. The van der Waals surface area contributed by atoms with Gasteiger partial charge in [-0.3, -0.25) is 0 Å². The van der Waals surface area contributed by atoms with Crippen molar-refractivity contribution in [3.8, 4) is 11.5 Å². The number of benzene rings is 2. The van der Waals surface area contributed by atoms with Crippen molar-refractivity contribution in [3.63, 3.8) is 0 Å². The largest absolute Gasteiger partial charge is 0.493 e. The number of sulfone groups is 1. The molecule has 2 aromatic rings. The first kappa shape index (κ1) is 21.6. The molecular formula is C20H25NO6S2. The fourth-order valence-corrected chi connectivity index (χ4v) is 4.72. The van der Waals surface area contributed by atoms with Crippen molar-refractivity contribution in [2.75, 3.05) is 31.3 Å². The van der Waals surface area contributed by atoms with Gasteiger partial charge in [0, 0.05) is 18.2 Å². The Morgan fingerprint density at radius 3 is 2.52 bits per heavy atom. The molecule has 0 radical (unpaired) electrons. The minimum absolute atomic E-state index is 0.0314. The molecule has 2 aromatic carbocycles. The van der Waals surface area contributed by atoms with Crippen LogP contribution in [0.2, 0.25) is 0 Å². The van der Waals surface area contributed by atoms with E-state index in [1.165, 1.54) is 24.3 Å². The number of rotatable bonds is 9. The summed E-state index contributed by atoms with van der Waals surface area (Å²) in [7, 11) is -6.76. The number of hydrogen-bond donors (Lipinski definition) is 1.